The molecule has 0 atom stereocenters. The molecule has 2 rings (SSSR count). The van der Waals surface area contributed by atoms with Crippen molar-refractivity contribution in [3.8, 4) is 0 Å². The fourth-order valence-corrected chi connectivity index (χ4v) is 1.48. The lowest BCUT2D eigenvalue weighted by molar-refractivity contribution is 0.363. The summed E-state index contributed by atoms with van der Waals surface area (Å²) in [5, 5.41) is 11.4. The highest BCUT2D eigenvalue weighted by Gasteiger charge is 2.05. The van der Waals surface area contributed by atoms with E-state index in [9.17, 15) is 0 Å². The lowest BCUT2D eigenvalue weighted by atomic mass is 10.3. The summed E-state index contributed by atoms with van der Waals surface area (Å²) in [7, 11) is 0. The average molecular weight is 220 g/mol. The highest BCUT2D eigenvalue weighted by atomic mass is 16.5. The smallest absolute Gasteiger partial charge is 0.158 e. The maximum absolute atomic E-state index is 5.24. The van der Waals surface area contributed by atoms with E-state index >= 15 is 0 Å². The predicted molar refractivity (Wildman–Crippen MR) is 59.9 cm³/mol. The van der Waals surface area contributed by atoms with Crippen LogP contribution in [0.2, 0.25) is 0 Å². The summed E-state index contributed by atoms with van der Waals surface area (Å²) in [6.45, 7) is 6.40. The molecule has 86 valence electrons. The lowest BCUT2D eigenvalue weighted by Gasteiger charge is -1.99. The van der Waals surface area contributed by atoms with Crippen LogP contribution in [0.15, 0.2) is 22.9 Å². The van der Waals surface area contributed by atoms with E-state index < -0.39 is 0 Å². The van der Waals surface area contributed by atoms with Gasteiger partial charge < -0.3 is 9.84 Å². The molecular formula is C11H16N4O. The van der Waals surface area contributed by atoms with Crippen molar-refractivity contribution >= 4 is 0 Å². The van der Waals surface area contributed by atoms with Gasteiger partial charge in [-0.15, -0.1) is 0 Å². The first-order valence-corrected chi connectivity index (χ1v) is 5.43. The third kappa shape index (κ3) is 2.49. The molecule has 16 heavy (non-hydrogen) atoms. The molecule has 0 aliphatic heterocycles. The fourth-order valence-electron chi connectivity index (χ4n) is 1.48. The Morgan fingerprint density at radius 3 is 3.06 bits per heavy atom. The van der Waals surface area contributed by atoms with Gasteiger partial charge in [-0.3, -0.25) is 4.68 Å². The van der Waals surface area contributed by atoms with Crippen molar-refractivity contribution in [2.45, 2.75) is 26.9 Å². The Morgan fingerprint density at radius 1 is 1.50 bits per heavy atom. The van der Waals surface area contributed by atoms with E-state index in [4.69, 9.17) is 4.52 Å². The summed E-state index contributed by atoms with van der Waals surface area (Å²) in [6, 6.07) is 3.93. The van der Waals surface area contributed by atoms with Gasteiger partial charge in [0.15, 0.2) is 5.76 Å². The average Bonchev–Trinajstić information content (AvgIpc) is 2.87. The quantitative estimate of drug-likeness (QED) is 0.826. The molecule has 1 N–H and O–H groups in total. The zero-order valence-electron chi connectivity index (χ0n) is 9.60. The second kappa shape index (κ2) is 4.94. The molecule has 0 radical (unpaired) electrons. The van der Waals surface area contributed by atoms with E-state index in [1.165, 1.54) is 0 Å². The molecule has 0 unspecified atom stereocenters. The van der Waals surface area contributed by atoms with Crippen LogP contribution < -0.4 is 5.32 Å². The molecule has 0 aromatic carbocycles. The van der Waals surface area contributed by atoms with Crippen molar-refractivity contribution < 1.29 is 4.52 Å². The zero-order valence-corrected chi connectivity index (χ0v) is 9.60. The van der Waals surface area contributed by atoms with Crippen molar-refractivity contribution in [3.05, 3.63) is 35.5 Å². The molecule has 0 amide bonds. The normalized spacial score (nSPS) is 10.9. The first kappa shape index (κ1) is 10.9. The molecule has 5 heteroatoms. The topological polar surface area (TPSA) is 55.9 Å². The minimum absolute atomic E-state index is 0.637. The lowest BCUT2D eigenvalue weighted by Crippen LogP contribution is -2.11. The van der Waals surface area contributed by atoms with Gasteiger partial charge in [0, 0.05) is 24.5 Å². The van der Waals surface area contributed by atoms with E-state index in [0.717, 1.165) is 30.2 Å². The van der Waals surface area contributed by atoms with Crippen LogP contribution >= 0.6 is 0 Å². The first-order valence-electron chi connectivity index (χ1n) is 5.43. The Kier molecular flexibility index (Phi) is 3.36. The Balaban J connectivity index is 2.00. The standard InChI is InChI=1S/C11H16N4O/c1-3-12-7-10-6-11(16-14-10)8-15-9(2)4-5-13-15/h4-6,12H,3,7-8H2,1-2H3. The number of nitrogens with zero attached hydrogens (tertiary/aromatic N) is 3. The van der Waals surface area contributed by atoms with Crippen LogP contribution in [0.3, 0.4) is 0 Å². The van der Waals surface area contributed by atoms with Crippen molar-refractivity contribution in [1.82, 2.24) is 20.3 Å². The highest BCUT2D eigenvalue weighted by Crippen LogP contribution is 2.07. The largest absolute Gasteiger partial charge is 0.359 e. The Labute approximate surface area is 94.4 Å². The molecule has 2 aromatic rings. The van der Waals surface area contributed by atoms with Crippen LogP contribution in [0, 0.1) is 6.92 Å². The second-order valence-corrected chi connectivity index (χ2v) is 3.70. The van der Waals surface area contributed by atoms with Gasteiger partial charge in [0.25, 0.3) is 0 Å². The summed E-state index contributed by atoms with van der Waals surface area (Å²) in [5.41, 5.74) is 2.05. The molecule has 0 fully saturated rings. The van der Waals surface area contributed by atoms with Gasteiger partial charge in [0.1, 0.15) is 6.54 Å². The third-order valence-electron chi connectivity index (χ3n) is 2.40. The van der Waals surface area contributed by atoms with E-state index in [2.05, 4.69) is 22.5 Å². The summed E-state index contributed by atoms with van der Waals surface area (Å²) in [6.07, 6.45) is 1.78. The van der Waals surface area contributed by atoms with Gasteiger partial charge in [0.2, 0.25) is 0 Å². The molecule has 0 saturated heterocycles. The minimum Gasteiger partial charge on any atom is -0.359 e. The van der Waals surface area contributed by atoms with Crippen LogP contribution in [0.1, 0.15) is 24.1 Å². The van der Waals surface area contributed by atoms with Crippen molar-refractivity contribution in [2.24, 2.45) is 0 Å². The molecule has 2 aromatic heterocycles. The molecule has 2 heterocycles. The Morgan fingerprint density at radius 2 is 2.38 bits per heavy atom. The third-order valence-corrected chi connectivity index (χ3v) is 2.40. The van der Waals surface area contributed by atoms with Gasteiger partial charge in [-0.05, 0) is 19.5 Å². The van der Waals surface area contributed by atoms with Gasteiger partial charge in [-0.2, -0.15) is 5.10 Å². The molecule has 5 nitrogen and oxygen atoms in total. The molecule has 0 saturated carbocycles. The first-order chi connectivity index (χ1) is 7.79. The Hall–Kier alpha value is -1.62. The van der Waals surface area contributed by atoms with Gasteiger partial charge in [-0.25, -0.2) is 0 Å². The zero-order chi connectivity index (χ0) is 11.4. The molecule has 0 aliphatic rings. The number of hydrogen-bond donors (Lipinski definition) is 1. The number of nitrogens with one attached hydrogen (secondary N) is 1. The molecule has 0 aliphatic carbocycles. The Bertz CT molecular complexity index is 446. The van der Waals surface area contributed by atoms with Crippen LogP contribution in [-0.4, -0.2) is 21.5 Å². The van der Waals surface area contributed by atoms with Crippen LogP contribution in [-0.2, 0) is 13.1 Å². The van der Waals surface area contributed by atoms with Crippen LogP contribution in [0.4, 0.5) is 0 Å². The number of hydrogen-bond acceptors (Lipinski definition) is 4. The number of aromatic nitrogens is 3. The summed E-state index contributed by atoms with van der Waals surface area (Å²) >= 11 is 0. The monoisotopic (exact) mass is 220 g/mol. The summed E-state index contributed by atoms with van der Waals surface area (Å²) < 4.78 is 7.13. The van der Waals surface area contributed by atoms with E-state index in [0.29, 0.717) is 6.54 Å². The van der Waals surface area contributed by atoms with E-state index in [1.54, 1.807) is 6.20 Å². The second-order valence-electron chi connectivity index (χ2n) is 3.70. The fraction of sp³-hybridized carbons (Fsp3) is 0.455. The summed E-state index contributed by atoms with van der Waals surface area (Å²) in [5.74, 6) is 0.833. The highest BCUT2D eigenvalue weighted by molar-refractivity contribution is 5.07. The maximum Gasteiger partial charge on any atom is 0.158 e. The van der Waals surface area contributed by atoms with Crippen LogP contribution in [0.5, 0.6) is 0 Å². The van der Waals surface area contributed by atoms with Crippen LogP contribution in [0.25, 0.3) is 0 Å². The van der Waals surface area contributed by atoms with E-state index in [1.807, 2.05) is 23.7 Å². The molecule has 0 spiro atoms. The van der Waals surface area contributed by atoms with Gasteiger partial charge in [0.05, 0.1) is 5.69 Å². The van der Waals surface area contributed by atoms with Gasteiger partial charge in [-0.1, -0.05) is 12.1 Å². The van der Waals surface area contributed by atoms with Gasteiger partial charge >= 0.3 is 0 Å². The maximum atomic E-state index is 5.24. The van der Waals surface area contributed by atoms with E-state index in [-0.39, 0.29) is 0 Å². The van der Waals surface area contributed by atoms with Crippen molar-refractivity contribution in [1.29, 1.82) is 0 Å². The minimum atomic E-state index is 0.637. The molecular weight excluding hydrogens is 204 g/mol. The van der Waals surface area contributed by atoms with Crippen molar-refractivity contribution in [3.63, 3.8) is 0 Å². The molecule has 0 bridgehead atoms. The predicted octanol–water partition coefficient (Wildman–Crippen LogP) is 1.34. The van der Waals surface area contributed by atoms with Crippen molar-refractivity contribution in [2.75, 3.05) is 6.54 Å². The summed E-state index contributed by atoms with van der Waals surface area (Å²) in [4.78, 5) is 0. The number of rotatable bonds is 5. The number of aryl methyl sites for hydroxylation is 1. The SMILES string of the molecule is CCNCc1cc(Cn2nccc2C)on1.